The molecule has 3 rings (SSSR count). The van der Waals surface area contributed by atoms with Crippen LogP contribution in [0.4, 0.5) is 5.69 Å². The zero-order valence-electron chi connectivity index (χ0n) is 9.49. The minimum atomic E-state index is 0.687. The average molecular weight is 288 g/mol. The van der Waals surface area contributed by atoms with Crippen LogP contribution in [-0.4, -0.2) is 6.04 Å². The highest BCUT2D eigenvalue weighted by Crippen LogP contribution is 2.32. The molecule has 86 valence electrons. The summed E-state index contributed by atoms with van der Waals surface area (Å²) < 4.78 is 1.12. The summed E-state index contributed by atoms with van der Waals surface area (Å²) in [5.41, 5.74) is 3.79. The Bertz CT molecular complexity index is 515. The quantitative estimate of drug-likeness (QED) is 0.864. The Morgan fingerprint density at radius 2 is 1.65 bits per heavy atom. The lowest BCUT2D eigenvalue weighted by molar-refractivity contribution is 1.16. The highest BCUT2D eigenvalue weighted by Gasteiger charge is 2.21. The maximum absolute atomic E-state index is 3.59. The zero-order valence-corrected chi connectivity index (χ0v) is 11.1. The lowest BCUT2D eigenvalue weighted by atomic mass is 10.0. The van der Waals surface area contributed by atoms with Crippen LogP contribution >= 0.6 is 15.9 Å². The molecule has 2 heteroatoms. The standard InChI is InChI=1S/C15H14BrN/c16-12-7-5-11(6-8-12)14-3-1-2-4-15(14)17-13-9-10-13/h1-8,13,17H,9-10H2. The fraction of sp³-hybridized carbons (Fsp3) is 0.200. The van der Waals surface area contributed by atoms with E-state index in [1.54, 1.807) is 0 Å². The molecule has 0 amide bonds. The Kier molecular flexibility index (Phi) is 2.89. The van der Waals surface area contributed by atoms with Gasteiger partial charge in [-0.1, -0.05) is 46.3 Å². The third kappa shape index (κ3) is 2.52. The van der Waals surface area contributed by atoms with Crippen molar-refractivity contribution in [2.45, 2.75) is 18.9 Å². The molecular formula is C15H14BrN. The van der Waals surface area contributed by atoms with Gasteiger partial charge in [0.2, 0.25) is 0 Å². The van der Waals surface area contributed by atoms with E-state index in [0.29, 0.717) is 6.04 Å². The molecule has 0 atom stereocenters. The van der Waals surface area contributed by atoms with E-state index in [-0.39, 0.29) is 0 Å². The van der Waals surface area contributed by atoms with E-state index in [4.69, 9.17) is 0 Å². The number of anilines is 1. The molecule has 0 radical (unpaired) electrons. The molecule has 0 bridgehead atoms. The second-order valence-electron chi connectivity index (χ2n) is 4.47. The van der Waals surface area contributed by atoms with Crippen LogP contribution in [0.5, 0.6) is 0 Å². The van der Waals surface area contributed by atoms with Gasteiger partial charge in [0.05, 0.1) is 0 Å². The maximum atomic E-state index is 3.59. The van der Waals surface area contributed by atoms with Crippen molar-refractivity contribution in [3.05, 3.63) is 53.0 Å². The topological polar surface area (TPSA) is 12.0 Å². The summed E-state index contributed by atoms with van der Waals surface area (Å²) in [7, 11) is 0. The molecule has 1 N–H and O–H groups in total. The lowest BCUT2D eigenvalue weighted by Crippen LogP contribution is -2.01. The van der Waals surface area contributed by atoms with Crippen molar-refractivity contribution in [1.82, 2.24) is 0 Å². The van der Waals surface area contributed by atoms with Crippen molar-refractivity contribution in [2.75, 3.05) is 5.32 Å². The minimum Gasteiger partial charge on any atom is -0.382 e. The number of hydrogen-bond acceptors (Lipinski definition) is 1. The molecule has 0 aromatic heterocycles. The van der Waals surface area contributed by atoms with Gasteiger partial charge < -0.3 is 5.32 Å². The van der Waals surface area contributed by atoms with Gasteiger partial charge in [0.25, 0.3) is 0 Å². The fourth-order valence-corrected chi connectivity index (χ4v) is 2.20. The van der Waals surface area contributed by atoms with Crippen LogP contribution in [-0.2, 0) is 0 Å². The molecule has 1 nitrogen and oxygen atoms in total. The zero-order chi connectivity index (χ0) is 11.7. The van der Waals surface area contributed by atoms with E-state index in [9.17, 15) is 0 Å². The molecule has 1 fully saturated rings. The summed E-state index contributed by atoms with van der Waals surface area (Å²) >= 11 is 3.47. The van der Waals surface area contributed by atoms with Crippen molar-refractivity contribution in [2.24, 2.45) is 0 Å². The van der Waals surface area contributed by atoms with Crippen molar-refractivity contribution in [3.63, 3.8) is 0 Å². The van der Waals surface area contributed by atoms with Crippen molar-refractivity contribution < 1.29 is 0 Å². The van der Waals surface area contributed by atoms with Gasteiger partial charge in [-0.15, -0.1) is 0 Å². The average Bonchev–Trinajstić information content (AvgIpc) is 3.15. The Labute approximate surface area is 110 Å². The maximum Gasteiger partial charge on any atom is 0.0422 e. The normalized spacial score (nSPS) is 14.6. The molecule has 1 aliphatic rings. The molecule has 0 spiro atoms. The number of halogens is 1. The van der Waals surface area contributed by atoms with Gasteiger partial charge in [-0.25, -0.2) is 0 Å². The fourth-order valence-electron chi connectivity index (χ4n) is 1.94. The monoisotopic (exact) mass is 287 g/mol. The van der Waals surface area contributed by atoms with Crippen LogP contribution in [0.25, 0.3) is 11.1 Å². The molecule has 17 heavy (non-hydrogen) atoms. The van der Waals surface area contributed by atoms with Crippen LogP contribution in [0.1, 0.15) is 12.8 Å². The smallest absolute Gasteiger partial charge is 0.0422 e. The predicted octanol–water partition coefficient (Wildman–Crippen LogP) is 4.69. The van der Waals surface area contributed by atoms with Gasteiger partial charge in [0, 0.05) is 21.8 Å². The van der Waals surface area contributed by atoms with Crippen LogP contribution in [0.3, 0.4) is 0 Å². The van der Waals surface area contributed by atoms with Crippen molar-refractivity contribution in [1.29, 1.82) is 0 Å². The van der Waals surface area contributed by atoms with Gasteiger partial charge in [0.1, 0.15) is 0 Å². The van der Waals surface area contributed by atoms with E-state index < -0.39 is 0 Å². The first-order chi connectivity index (χ1) is 8.33. The molecule has 2 aromatic rings. The second kappa shape index (κ2) is 4.53. The number of para-hydroxylation sites is 1. The Morgan fingerprint density at radius 1 is 0.941 bits per heavy atom. The number of benzene rings is 2. The SMILES string of the molecule is Brc1ccc(-c2ccccc2NC2CC2)cc1. The molecule has 0 aliphatic heterocycles. The summed E-state index contributed by atoms with van der Waals surface area (Å²) in [5, 5.41) is 3.59. The van der Waals surface area contributed by atoms with Crippen LogP contribution in [0, 0.1) is 0 Å². The first-order valence-electron chi connectivity index (χ1n) is 5.94. The van der Waals surface area contributed by atoms with Gasteiger partial charge in [-0.05, 0) is 36.6 Å². The predicted molar refractivity (Wildman–Crippen MR) is 76.2 cm³/mol. The summed E-state index contributed by atoms with van der Waals surface area (Å²) in [4.78, 5) is 0. The second-order valence-corrected chi connectivity index (χ2v) is 5.39. The molecule has 0 unspecified atom stereocenters. The van der Waals surface area contributed by atoms with Gasteiger partial charge in [-0.2, -0.15) is 0 Å². The highest BCUT2D eigenvalue weighted by atomic mass is 79.9. The number of hydrogen-bond donors (Lipinski definition) is 1. The molecule has 1 aliphatic carbocycles. The van der Waals surface area contributed by atoms with E-state index in [1.165, 1.54) is 29.7 Å². The lowest BCUT2D eigenvalue weighted by Gasteiger charge is -2.11. The number of rotatable bonds is 3. The first kappa shape index (κ1) is 10.8. The summed E-state index contributed by atoms with van der Waals surface area (Å²) in [6.07, 6.45) is 2.60. The molecule has 1 saturated carbocycles. The largest absolute Gasteiger partial charge is 0.382 e. The van der Waals surface area contributed by atoms with E-state index in [1.807, 2.05) is 0 Å². The van der Waals surface area contributed by atoms with Crippen molar-refractivity contribution >= 4 is 21.6 Å². The summed E-state index contributed by atoms with van der Waals surface area (Å²) in [6, 6.07) is 17.7. The Hall–Kier alpha value is -1.28. The van der Waals surface area contributed by atoms with Gasteiger partial charge in [0.15, 0.2) is 0 Å². The van der Waals surface area contributed by atoms with Crippen LogP contribution in [0.2, 0.25) is 0 Å². The Morgan fingerprint density at radius 3 is 2.35 bits per heavy atom. The molecular weight excluding hydrogens is 274 g/mol. The third-order valence-corrected chi connectivity index (χ3v) is 3.55. The van der Waals surface area contributed by atoms with Crippen LogP contribution < -0.4 is 5.32 Å². The third-order valence-electron chi connectivity index (χ3n) is 3.02. The first-order valence-corrected chi connectivity index (χ1v) is 6.74. The van der Waals surface area contributed by atoms with Gasteiger partial charge >= 0.3 is 0 Å². The van der Waals surface area contributed by atoms with E-state index in [2.05, 4.69) is 69.8 Å². The van der Waals surface area contributed by atoms with E-state index in [0.717, 1.165) is 4.47 Å². The molecule has 0 heterocycles. The molecule has 0 saturated heterocycles. The Balaban J connectivity index is 1.97. The van der Waals surface area contributed by atoms with Crippen molar-refractivity contribution in [3.8, 4) is 11.1 Å². The minimum absolute atomic E-state index is 0.687. The molecule has 2 aromatic carbocycles. The summed E-state index contributed by atoms with van der Waals surface area (Å²) in [5.74, 6) is 0. The van der Waals surface area contributed by atoms with Gasteiger partial charge in [-0.3, -0.25) is 0 Å². The number of nitrogens with one attached hydrogen (secondary N) is 1. The van der Waals surface area contributed by atoms with E-state index >= 15 is 0 Å². The highest BCUT2D eigenvalue weighted by molar-refractivity contribution is 9.10. The summed E-state index contributed by atoms with van der Waals surface area (Å²) in [6.45, 7) is 0. The van der Waals surface area contributed by atoms with Crippen LogP contribution in [0.15, 0.2) is 53.0 Å².